The van der Waals surface area contributed by atoms with Crippen LogP contribution >= 0.6 is 11.6 Å². The van der Waals surface area contributed by atoms with Crippen LogP contribution in [-0.2, 0) is 0 Å². The Kier molecular flexibility index (Phi) is 5.44. The lowest BCUT2D eigenvalue weighted by Gasteiger charge is -2.18. The van der Waals surface area contributed by atoms with E-state index < -0.39 is 5.97 Å². The first kappa shape index (κ1) is 14.8. The quantitative estimate of drug-likeness (QED) is 0.835. The molecule has 0 saturated heterocycles. The van der Waals surface area contributed by atoms with Crippen molar-refractivity contribution in [3.8, 4) is 5.75 Å². The van der Waals surface area contributed by atoms with Gasteiger partial charge in [-0.1, -0.05) is 25.4 Å². The van der Waals surface area contributed by atoms with Crippen LogP contribution in [0.25, 0.3) is 0 Å². The third-order valence-electron chi connectivity index (χ3n) is 2.29. The van der Waals surface area contributed by atoms with E-state index in [1.165, 1.54) is 12.1 Å². The van der Waals surface area contributed by atoms with Crippen LogP contribution in [0.15, 0.2) is 18.2 Å². The first-order valence-corrected chi connectivity index (χ1v) is 6.19. The van der Waals surface area contributed by atoms with Crippen molar-refractivity contribution in [3.63, 3.8) is 0 Å². The number of hydrogen-bond acceptors (Lipinski definition) is 3. The normalized spacial score (nSPS) is 12.5. The van der Waals surface area contributed by atoms with Crippen molar-refractivity contribution in [2.24, 2.45) is 0 Å². The van der Waals surface area contributed by atoms with Gasteiger partial charge in [-0.15, -0.1) is 0 Å². The summed E-state index contributed by atoms with van der Waals surface area (Å²) in [4.78, 5) is 10.7. The minimum Gasteiger partial charge on any atom is -0.490 e. The molecule has 0 aromatic heterocycles. The van der Waals surface area contributed by atoms with E-state index in [2.05, 4.69) is 19.2 Å². The molecule has 1 atom stereocenters. The van der Waals surface area contributed by atoms with Gasteiger partial charge >= 0.3 is 5.97 Å². The maximum atomic E-state index is 10.7. The summed E-state index contributed by atoms with van der Waals surface area (Å²) in [5.74, 6) is -0.502. The van der Waals surface area contributed by atoms with Gasteiger partial charge in [0, 0.05) is 12.1 Å². The number of aromatic carboxylic acids is 1. The Bertz CT molecular complexity index is 421. The average Bonchev–Trinajstić information content (AvgIpc) is 2.26. The molecular weight excluding hydrogens is 254 g/mol. The first-order valence-electron chi connectivity index (χ1n) is 5.82. The maximum absolute atomic E-state index is 10.7. The molecule has 18 heavy (non-hydrogen) atoms. The fourth-order valence-electron chi connectivity index (χ4n) is 1.58. The third-order valence-corrected chi connectivity index (χ3v) is 2.58. The molecule has 0 saturated carbocycles. The molecule has 0 amide bonds. The lowest BCUT2D eigenvalue weighted by atomic mass is 10.2. The van der Waals surface area contributed by atoms with Gasteiger partial charge in [0.1, 0.15) is 12.4 Å². The number of carboxylic acid groups (broad SMARTS) is 1. The smallest absolute Gasteiger partial charge is 0.335 e. The van der Waals surface area contributed by atoms with Crippen molar-refractivity contribution < 1.29 is 14.6 Å². The maximum Gasteiger partial charge on any atom is 0.335 e. The molecule has 0 radical (unpaired) electrons. The Hall–Kier alpha value is -1.26. The molecule has 0 fully saturated rings. The second-order valence-corrected chi connectivity index (χ2v) is 4.89. The Morgan fingerprint density at radius 2 is 2.11 bits per heavy atom. The van der Waals surface area contributed by atoms with Crippen LogP contribution in [0.2, 0.25) is 5.02 Å². The first-order chi connectivity index (χ1) is 8.40. The molecule has 0 heterocycles. The minimum atomic E-state index is -1.00. The number of benzene rings is 1. The fourth-order valence-corrected chi connectivity index (χ4v) is 1.82. The summed E-state index contributed by atoms with van der Waals surface area (Å²) in [5, 5.41) is 12.4. The number of nitrogens with one attached hydrogen (secondary N) is 1. The standard InChI is InChI=1S/C13H18ClNO3/c1-8(2)15-9(3)7-18-12-5-4-10(13(16)17)6-11(12)14/h4-6,8-9,15H,7H2,1-3H3,(H,16,17)/t9-/m0/s1. The molecule has 2 N–H and O–H groups in total. The van der Waals surface area contributed by atoms with E-state index in [-0.39, 0.29) is 11.6 Å². The number of carboxylic acids is 1. The monoisotopic (exact) mass is 271 g/mol. The molecule has 0 aliphatic heterocycles. The van der Waals surface area contributed by atoms with Crippen LogP contribution in [0.3, 0.4) is 0 Å². The lowest BCUT2D eigenvalue weighted by Crippen LogP contribution is -2.36. The van der Waals surface area contributed by atoms with Crippen molar-refractivity contribution in [3.05, 3.63) is 28.8 Å². The summed E-state index contributed by atoms with van der Waals surface area (Å²) in [6, 6.07) is 5.02. The Labute approximate surface area is 112 Å². The average molecular weight is 272 g/mol. The highest BCUT2D eigenvalue weighted by molar-refractivity contribution is 6.32. The zero-order valence-corrected chi connectivity index (χ0v) is 11.5. The van der Waals surface area contributed by atoms with Gasteiger partial charge in [-0.25, -0.2) is 4.79 Å². The zero-order valence-electron chi connectivity index (χ0n) is 10.7. The highest BCUT2D eigenvalue weighted by Crippen LogP contribution is 2.25. The number of halogens is 1. The van der Waals surface area contributed by atoms with Gasteiger partial charge in [-0.05, 0) is 25.1 Å². The summed E-state index contributed by atoms with van der Waals surface area (Å²) in [6.45, 7) is 6.61. The predicted molar refractivity (Wildman–Crippen MR) is 71.6 cm³/mol. The highest BCUT2D eigenvalue weighted by Gasteiger charge is 2.09. The van der Waals surface area contributed by atoms with Gasteiger partial charge in [0.2, 0.25) is 0 Å². The van der Waals surface area contributed by atoms with Crippen molar-refractivity contribution in [1.82, 2.24) is 5.32 Å². The Balaban J connectivity index is 2.60. The number of rotatable bonds is 6. The van der Waals surface area contributed by atoms with Crippen molar-refractivity contribution >= 4 is 17.6 Å². The molecular formula is C13H18ClNO3. The van der Waals surface area contributed by atoms with Crippen molar-refractivity contribution in [1.29, 1.82) is 0 Å². The van der Waals surface area contributed by atoms with E-state index in [0.717, 1.165) is 0 Å². The third kappa shape index (κ3) is 4.55. The second kappa shape index (κ2) is 6.61. The van der Waals surface area contributed by atoms with Crippen molar-refractivity contribution in [2.45, 2.75) is 32.9 Å². The molecule has 0 aliphatic carbocycles. The summed E-state index contributed by atoms with van der Waals surface area (Å²) >= 11 is 5.95. The largest absolute Gasteiger partial charge is 0.490 e. The molecule has 0 spiro atoms. The van der Waals surface area contributed by atoms with Crippen LogP contribution < -0.4 is 10.1 Å². The molecule has 5 heteroatoms. The lowest BCUT2D eigenvalue weighted by molar-refractivity contribution is 0.0697. The van der Waals surface area contributed by atoms with Gasteiger partial charge in [-0.2, -0.15) is 0 Å². The van der Waals surface area contributed by atoms with Gasteiger partial charge in [0.05, 0.1) is 10.6 Å². The molecule has 1 aromatic carbocycles. The van der Waals surface area contributed by atoms with Crippen LogP contribution in [0.5, 0.6) is 5.75 Å². The van der Waals surface area contributed by atoms with E-state index in [4.69, 9.17) is 21.4 Å². The van der Waals surface area contributed by atoms with Gasteiger partial charge in [0.25, 0.3) is 0 Å². The van der Waals surface area contributed by atoms with Crippen molar-refractivity contribution in [2.75, 3.05) is 6.61 Å². The molecule has 100 valence electrons. The van der Waals surface area contributed by atoms with Crippen LogP contribution in [0.1, 0.15) is 31.1 Å². The zero-order chi connectivity index (χ0) is 13.7. The molecule has 0 bridgehead atoms. The number of carbonyl (C=O) groups is 1. The van der Waals surface area contributed by atoms with Gasteiger partial charge in [-0.3, -0.25) is 0 Å². The van der Waals surface area contributed by atoms with Gasteiger partial charge in [0.15, 0.2) is 0 Å². The highest BCUT2D eigenvalue weighted by atomic mass is 35.5. The molecule has 0 aliphatic rings. The summed E-state index contributed by atoms with van der Waals surface area (Å²) in [7, 11) is 0. The van der Waals surface area contributed by atoms with Crippen LogP contribution in [-0.4, -0.2) is 29.8 Å². The SMILES string of the molecule is CC(C)N[C@@H](C)COc1ccc(C(=O)O)cc1Cl. The summed E-state index contributed by atoms with van der Waals surface area (Å²) in [6.07, 6.45) is 0. The molecule has 1 aromatic rings. The van der Waals surface area contributed by atoms with E-state index in [1.54, 1.807) is 6.07 Å². The summed E-state index contributed by atoms with van der Waals surface area (Å²) < 4.78 is 5.55. The minimum absolute atomic E-state index is 0.153. The van der Waals surface area contributed by atoms with E-state index in [9.17, 15) is 4.79 Å². The number of hydrogen-bond donors (Lipinski definition) is 2. The topological polar surface area (TPSA) is 58.6 Å². The second-order valence-electron chi connectivity index (χ2n) is 4.48. The fraction of sp³-hybridized carbons (Fsp3) is 0.462. The van der Waals surface area contributed by atoms with E-state index in [1.807, 2.05) is 6.92 Å². The molecule has 0 unspecified atom stereocenters. The Morgan fingerprint density at radius 1 is 1.44 bits per heavy atom. The molecule has 4 nitrogen and oxygen atoms in total. The van der Waals surface area contributed by atoms with Crippen LogP contribution in [0, 0.1) is 0 Å². The number of ether oxygens (including phenoxy) is 1. The van der Waals surface area contributed by atoms with E-state index in [0.29, 0.717) is 23.4 Å². The predicted octanol–water partition coefficient (Wildman–Crippen LogP) is 2.80. The Morgan fingerprint density at radius 3 is 2.61 bits per heavy atom. The van der Waals surface area contributed by atoms with Gasteiger partial charge < -0.3 is 15.2 Å². The summed E-state index contributed by atoms with van der Waals surface area (Å²) in [5.41, 5.74) is 0.153. The molecule has 1 rings (SSSR count). The van der Waals surface area contributed by atoms with Crippen LogP contribution in [0.4, 0.5) is 0 Å². The van der Waals surface area contributed by atoms with E-state index >= 15 is 0 Å².